The number of unbranched alkanes of at least 4 members (excludes halogenated alkanes) is 1. The van der Waals surface area contributed by atoms with Gasteiger partial charge in [0.1, 0.15) is 0 Å². The van der Waals surface area contributed by atoms with Gasteiger partial charge in [-0.2, -0.15) is 11.8 Å². The lowest BCUT2D eigenvalue weighted by atomic mass is 9.45. The van der Waals surface area contributed by atoms with Gasteiger partial charge in [0.05, 0.1) is 0 Å². The van der Waals surface area contributed by atoms with Gasteiger partial charge in [-0.1, -0.05) is 39.3 Å². The van der Waals surface area contributed by atoms with E-state index >= 15 is 0 Å². The maximum atomic E-state index is 4.49. The Kier molecular flexibility index (Phi) is 5.11. The summed E-state index contributed by atoms with van der Waals surface area (Å²) in [7, 11) is 0. The van der Waals surface area contributed by atoms with Crippen molar-refractivity contribution >= 4 is 11.8 Å². The van der Waals surface area contributed by atoms with E-state index in [4.69, 9.17) is 0 Å². The molecule has 0 N–H and O–H groups in total. The molecule has 4 unspecified atom stereocenters. The summed E-state index contributed by atoms with van der Waals surface area (Å²) >= 11 is 2.31. The normalized spacial score (nSPS) is 49.4. The fraction of sp³-hybridized carbons (Fsp3) is 0.917. The van der Waals surface area contributed by atoms with Gasteiger partial charge in [-0.25, -0.2) is 0 Å². The van der Waals surface area contributed by atoms with Crippen molar-refractivity contribution in [3.05, 3.63) is 12.2 Å². The van der Waals surface area contributed by atoms with E-state index in [2.05, 4.69) is 39.1 Å². The Hall–Kier alpha value is 0.0900. The van der Waals surface area contributed by atoms with Gasteiger partial charge < -0.3 is 0 Å². The SMILES string of the molecule is C=C1CCC2C3CCC4C[C@H](SCCCC)CC[C@]4(C)C3CC[C@]12C.[HH]. The zero-order valence-electron chi connectivity index (χ0n) is 17.0. The zero-order valence-corrected chi connectivity index (χ0v) is 17.8. The van der Waals surface area contributed by atoms with E-state index in [0.29, 0.717) is 10.8 Å². The average molecular weight is 363 g/mol. The van der Waals surface area contributed by atoms with Crippen molar-refractivity contribution in [1.29, 1.82) is 0 Å². The summed E-state index contributed by atoms with van der Waals surface area (Å²) in [5.74, 6) is 5.43. The Labute approximate surface area is 162 Å². The third kappa shape index (κ3) is 2.95. The van der Waals surface area contributed by atoms with Crippen LogP contribution < -0.4 is 0 Å². The van der Waals surface area contributed by atoms with Gasteiger partial charge in [0.25, 0.3) is 0 Å². The van der Waals surface area contributed by atoms with Crippen molar-refractivity contribution in [1.82, 2.24) is 0 Å². The van der Waals surface area contributed by atoms with Gasteiger partial charge in [0, 0.05) is 6.68 Å². The summed E-state index contributed by atoms with van der Waals surface area (Å²) in [5.41, 5.74) is 2.76. The van der Waals surface area contributed by atoms with Crippen LogP contribution in [0.2, 0.25) is 0 Å². The van der Waals surface area contributed by atoms with Crippen LogP contribution in [0.4, 0.5) is 0 Å². The summed E-state index contributed by atoms with van der Waals surface area (Å²) < 4.78 is 0. The van der Waals surface area contributed by atoms with Crippen LogP contribution in [-0.2, 0) is 0 Å². The fourth-order valence-corrected chi connectivity index (χ4v) is 9.11. The first-order chi connectivity index (χ1) is 12.0. The van der Waals surface area contributed by atoms with Crippen molar-refractivity contribution in [3.8, 4) is 0 Å². The van der Waals surface area contributed by atoms with Crippen LogP contribution in [0.3, 0.4) is 0 Å². The van der Waals surface area contributed by atoms with Crippen molar-refractivity contribution in [2.24, 2.45) is 34.5 Å². The van der Waals surface area contributed by atoms with Gasteiger partial charge in [-0.05, 0) is 104 Å². The fourth-order valence-electron chi connectivity index (χ4n) is 7.67. The average Bonchev–Trinajstić information content (AvgIpc) is 2.90. The van der Waals surface area contributed by atoms with Crippen LogP contribution in [0.15, 0.2) is 12.2 Å². The van der Waals surface area contributed by atoms with Crippen LogP contribution in [0, 0.1) is 34.5 Å². The smallest absolute Gasteiger partial charge is 0.00501 e. The zero-order chi connectivity index (χ0) is 17.7. The molecule has 0 spiro atoms. The van der Waals surface area contributed by atoms with Crippen LogP contribution >= 0.6 is 11.8 Å². The minimum absolute atomic E-state index is 0. The van der Waals surface area contributed by atoms with Crippen LogP contribution in [0.25, 0.3) is 0 Å². The third-order valence-corrected chi connectivity index (χ3v) is 10.8. The van der Waals surface area contributed by atoms with Gasteiger partial charge in [0.15, 0.2) is 0 Å². The summed E-state index contributed by atoms with van der Waals surface area (Å²) in [5, 5.41) is 0.973. The lowest BCUT2D eigenvalue weighted by Crippen LogP contribution is -2.53. The summed E-state index contributed by atoms with van der Waals surface area (Å²) in [4.78, 5) is 0. The van der Waals surface area contributed by atoms with E-state index in [1.54, 1.807) is 5.57 Å². The lowest BCUT2D eigenvalue weighted by Gasteiger charge is -2.60. The number of hydrogen-bond acceptors (Lipinski definition) is 1. The highest BCUT2D eigenvalue weighted by atomic mass is 32.2. The standard InChI is InChI=1S/C24H40S.H2/c1-5-6-15-25-19-11-13-24(4)18(16-19)8-9-20-21-10-7-17(2)23(21,3)14-12-22(20)24;/h18-22H,2,5-16H2,1,3-4H3;1H/t18?,19-,20?,21?,22?,23-,24+;/m1./s1. The molecule has 0 aromatic rings. The van der Waals surface area contributed by atoms with E-state index < -0.39 is 0 Å². The number of fused-ring (bicyclic) bond motifs is 5. The molecule has 0 bridgehead atoms. The Balaban J connectivity index is 0.00000196. The van der Waals surface area contributed by atoms with Gasteiger partial charge in [0.2, 0.25) is 0 Å². The first-order valence-corrected chi connectivity index (χ1v) is 12.3. The molecule has 144 valence electrons. The number of allylic oxidation sites excluding steroid dienone is 1. The number of hydrogen-bond donors (Lipinski definition) is 0. The molecule has 0 radical (unpaired) electrons. The van der Waals surface area contributed by atoms with Crippen molar-refractivity contribution in [3.63, 3.8) is 0 Å². The van der Waals surface area contributed by atoms with Gasteiger partial charge >= 0.3 is 0 Å². The quantitative estimate of drug-likeness (QED) is 0.364. The highest BCUT2D eigenvalue weighted by molar-refractivity contribution is 7.99. The number of thioether (sulfide) groups is 1. The molecule has 0 aromatic carbocycles. The van der Waals surface area contributed by atoms with E-state index in [9.17, 15) is 0 Å². The maximum absolute atomic E-state index is 4.49. The monoisotopic (exact) mass is 362 g/mol. The second-order valence-corrected chi connectivity index (χ2v) is 11.8. The molecule has 0 aromatic heterocycles. The summed E-state index contributed by atoms with van der Waals surface area (Å²) in [6.07, 6.45) is 16.1. The molecule has 0 amide bonds. The molecule has 0 aliphatic heterocycles. The summed E-state index contributed by atoms with van der Waals surface area (Å²) in [6, 6.07) is 0. The first-order valence-electron chi connectivity index (χ1n) is 11.3. The van der Waals surface area contributed by atoms with Crippen molar-refractivity contribution < 1.29 is 1.43 Å². The van der Waals surface area contributed by atoms with Crippen LogP contribution in [0.1, 0.15) is 92.8 Å². The molecule has 1 heteroatoms. The predicted molar refractivity (Wildman–Crippen MR) is 114 cm³/mol. The third-order valence-electron chi connectivity index (χ3n) is 9.42. The topological polar surface area (TPSA) is 0 Å². The molecule has 7 atom stereocenters. The van der Waals surface area contributed by atoms with Gasteiger partial charge in [-0.15, -0.1) is 0 Å². The van der Waals surface area contributed by atoms with Crippen LogP contribution in [-0.4, -0.2) is 11.0 Å². The Morgan fingerprint density at radius 3 is 2.72 bits per heavy atom. The predicted octanol–water partition coefficient (Wildman–Crippen LogP) is 7.73. The molecule has 0 saturated heterocycles. The largest absolute Gasteiger partial charge is 0.159 e. The Bertz CT molecular complexity index is 516. The highest BCUT2D eigenvalue weighted by Gasteiger charge is 2.58. The lowest BCUT2D eigenvalue weighted by molar-refractivity contribution is -0.0961. The minimum Gasteiger partial charge on any atom is -0.159 e. The number of rotatable bonds is 4. The molecule has 4 aliphatic carbocycles. The van der Waals surface area contributed by atoms with Crippen molar-refractivity contribution in [2.75, 3.05) is 5.75 Å². The van der Waals surface area contributed by atoms with E-state index in [-0.39, 0.29) is 1.43 Å². The highest BCUT2D eigenvalue weighted by Crippen LogP contribution is 2.67. The van der Waals surface area contributed by atoms with E-state index in [0.717, 1.165) is 28.9 Å². The molecule has 4 saturated carbocycles. The van der Waals surface area contributed by atoms with Crippen molar-refractivity contribution in [2.45, 2.75) is 96.7 Å². The molecule has 0 nitrogen and oxygen atoms in total. The van der Waals surface area contributed by atoms with E-state index in [1.165, 1.54) is 76.4 Å². The second-order valence-electron chi connectivity index (χ2n) is 10.4. The van der Waals surface area contributed by atoms with Crippen LogP contribution in [0.5, 0.6) is 0 Å². The Morgan fingerprint density at radius 1 is 1.08 bits per heavy atom. The molecule has 25 heavy (non-hydrogen) atoms. The maximum Gasteiger partial charge on any atom is 0.00501 e. The molecule has 4 fully saturated rings. The second kappa shape index (κ2) is 6.92. The minimum atomic E-state index is 0. The summed E-state index contributed by atoms with van der Waals surface area (Å²) in [6.45, 7) is 12.1. The molecule has 4 aliphatic rings. The molecule has 0 heterocycles. The van der Waals surface area contributed by atoms with E-state index in [1.807, 2.05) is 0 Å². The Morgan fingerprint density at radius 2 is 1.92 bits per heavy atom. The molecular weight excluding hydrogens is 320 g/mol. The molecule has 4 rings (SSSR count). The molecular formula is C24H42S. The van der Waals surface area contributed by atoms with Gasteiger partial charge in [-0.3, -0.25) is 0 Å². The first kappa shape index (κ1) is 18.5.